The number of rotatable bonds is 8. The van der Waals surface area contributed by atoms with Gasteiger partial charge >= 0.3 is 0 Å². The van der Waals surface area contributed by atoms with E-state index in [1.54, 1.807) is 24.3 Å². The summed E-state index contributed by atoms with van der Waals surface area (Å²) in [5.41, 5.74) is 0.609. The Morgan fingerprint density at radius 2 is 2.00 bits per heavy atom. The summed E-state index contributed by atoms with van der Waals surface area (Å²) >= 11 is 0.794. The molecule has 0 aromatic heterocycles. The number of ether oxygens (including phenoxy) is 2. The Balaban J connectivity index is 2.11. The van der Waals surface area contributed by atoms with E-state index in [4.69, 9.17) is 9.47 Å². The van der Waals surface area contributed by atoms with Crippen LogP contribution in [0.15, 0.2) is 23.1 Å². The molecule has 146 valence electrons. The molecular weight excluding hydrogens is 370 g/mol. The molecule has 0 atom stereocenters. The minimum atomic E-state index is -0.502. The van der Waals surface area contributed by atoms with Crippen molar-refractivity contribution in [2.24, 2.45) is 0 Å². The number of thioether (sulfide) groups is 1. The molecule has 1 saturated heterocycles. The highest BCUT2D eigenvalue weighted by Crippen LogP contribution is 2.34. The summed E-state index contributed by atoms with van der Waals surface area (Å²) in [7, 11) is 6.83. The highest BCUT2D eigenvalue weighted by atomic mass is 32.2. The summed E-state index contributed by atoms with van der Waals surface area (Å²) < 4.78 is 10.5. The summed E-state index contributed by atoms with van der Waals surface area (Å²) in [6, 6.07) is 5.16. The van der Waals surface area contributed by atoms with Gasteiger partial charge in [0.1, 0.15) is 18.0 Å². The quantitative estimate of drug-likeness (QED) is 0.668. The van der Waals surface area contributed by atoms with Crippen molar-refractivity contribution < 1.29 is 23.9 Å². The molecule has 1 aliphatic rings. The molecule has 0 saturated carbocycles. The Labute approximate surface area is 162 Å². The molecule has 9 heteroatoms. The van der Waals surface area contributed by atoms with Crippen molar-refractivity contribution in [1.82, 2.24) is 15.1 Å². The second-order valence-corrected chi connectivity index (χ2v) is 7.02. The fraction of sp³-hybridized carbons (Fsp3) is 0.389. The third kappa shape index (κ3) is 5.48. The van der Waals surface area contributed by atoms with Gasteiger partial charge in [-0.15, -0.1) is 0 Å². The maximum Gasteiger partial charge on any atom is 0.294 e. The number of nitrogens with zero attached hydrogens (tertiary/aromatic N) is 2. The molecule has 1 fully saturated rings. The van der Waals surface area contributed by atoms with Crippen molar-refractivity contribution >= 4 is 34.9 Å². The summed E-state index contributed by atoms with van der Waals surface area (Å²) in [5.74, 6) is 0.266. The third-order valence-electron chi connectivity index (χ3n) is 3.78. The van der Waals surface area contributed by atoms with Crippen LogP contribution in [0.4, 0.5) is 4.79 Å². The van der Waals surface area contributed by atoms with Crippen molar-refractivity contribution in [1.29, 1.82) is 0 Å². The Morgan fingerprint density at radius 3 is 2.63 bits per heavy atom. The van der Waals surface area contributed by atoms with Crippen molar-refractivity contribution in [2.45, 2.75) is 0 Å². The van der Waals surface area contributed by atoms with Crippen LogP contribution in [0.3, 0.4) is 0 Å². The maximum atomic E-state index is 12.5. The minimum absolute atomic E-state index is 0.229. The molecule has 0 spiro atoms. The van der Waals surface area contributed by atoms with Crippen molar-refractivity contribution in [3.05, 3.63) is 28.7 Å². The van der Waals surface area contributed by atoms with Gasteiger partial charge in [0.05, 0.1) is 19.1 Å². The van der Waals surface area contributed by atoms with Crippen LogP contribution in [0.25, 0.3) is 6.08 Å². The number of hydrogen-bond donors (Lipinski definition) is 1. The summed E-state index contributed by atoms with van der Waals surface area (Å²) in [6.07, 6.45) is 1.57. The topological polar surface area (TPSA) is 88.2 Å². The van der Waals surface area contributed by atoms with Crippen LogP contribution in [0.1, 0.15) is 5.56 Å². The zero-order valence-electron chi connectivity index (χ0n) is 15.8. The smallest absolute Gasteiger partial charge is 0.294 e. The molecule has 1 heterocycles. The van der Waals surface area contributed by atoms with Gasteiger partial charge in [0.2, 0.25) is 5.91 Å². The molecule has 1 aromatic carbocycles. The first kappa shape index (κ1) is 20.8. The van der Waals surface area contributed by atoms with E-state index < -0.39 is 11.1 Å². The van der Waals surface area contributed by atoms with Crippen LogP contribution in [-0.4, -0.2) is 74.8 Å². The standard InChI is InChI=1S/C18H23N3O5S/c1-20(2)8-7-19-16(22)11-21-17(23)15(27-18(21)24)10-12-9-13(25-3)5-6-14(12)26-4/h5-6,9-10H,7-8,11H2,1-4H3,(H,19,22)/b15-10-. The number of hydrogen-bond acceptors (Lipinski definition) is 7. The van der Waals surface area contributed by atoms with Gasteiger partial charge in [-0.1, -0.05) is 0 Å². The lowest BCUT2D eigenvalue weighted by Gasteiger charge is -2.14. The molecule has 1 aliphatic heterocycles. The fourth-order valence-corrected chi connectivity index (χ4v) is 3.18. The predicted molar refractivity (Wildman–Crippen MR) is 104 cm³/mol. The number of methoxy groups -OCH3 is 2. The van der Waals surface area contributed by atoms with Gasteiger partial charge in [0.15, 0.2) is 0 Å². The zero-order chi connectivity index (χ0) is 20.0. The van der Waals surface area contributed by atoms with E-state index in [2.05, 4.69) is 5.32 Å². The molecule has 0 bridgehead atoms. The number of carbonyl (C=O) groups excluding carboxylic acids is 3. The summed E-state index contributed by atoms with van der Waals surface area (Å²) in [6.45, 7) is 0.812. The van der Waals surface area contributed by atoms with Gasteiger partial charge < -0.3 is 19.7 Å². The monoisotopic (exact) mass is 393 g/mol. The number of carbonyl (C=O) groups is 3. The lowest BCUT2D eigenvalue weighted by Crippen LogP contribution is -2.41. The Kier molecular flexibility index (Phi) is 7.26. The van der Waals surface area contributed by atoms with Crippen LogP contribution < -0.4 is 14.8 Å². The van der Waals surface area contributed by atoms with Crippen molar-refractivity contribution in [3.8, 4) is 11.5 Å². The van der Waals surface area contributed by atoms with Gasteiger partial charge in [0.25, 0.3) is 11.1 Å². The minimum Gasteiger partial charge on any atom is -0.497 e. The number of likely N-dealkylation sites (N-methyl/N-ethyl adjacent to an activating group) is 1. The molecule has 27 heavy (non-hydrogen) atoms. The molecule has 0 radical (unpaired) electrons. The van der Waals surface area contributed by atoms with Crippen LogP contribution >= 0.6 is 11.8 Å². The second kappa shape index (κ2) is 9.43. The van der Waals surface area contributed by atoms with Crippen LogP contribution in [0.2, 0.25) is 0 Å². The van der Waals surface area contributed by atoms with Crippen LogP contribution in [0.5, 0.6) is 11.5 Å². The molecule has 8 nitrogen and oxygen atoms in total. The lowest BCUT2D eigenvalue weighted by atomic mass is 10.1. The molecule has 1 aromatic rings. The van der Waals surface area contributed by atoms with E-state index in [-0.39, 0.29) is 17.4 Å². The summed E-state index contributed by atoms with van der Waals surface area (Å²) in [4.78, 5) is 39.8. The molecule has 2 rings (SSSR count). The van der Waals surface area contributed by atoms with E-state index in [1.807, 2.05) is 19.0 Å². The van der Waals surface area contributed by atoms with E-state index in [9.17, 15) is 14.4 Å². The van der Waals surface area contributed by atoms with Crippen molar-refractivity contribution in [2.75, 3.05) is 47.9 Å². The number of benzene rings is 1. The van der Waals surface area contributed by atoms with Crippen LogP contribution in [-0.2, 0) is 9.59 Å². The third-order valence-corrected chi connectivity index (χ3v) is 4.69. The largest absolute Gasteiger partial charge is 0.497 e. The zero-order valence-corrected chi connectivity index (χ0v) is 16.6. The molecule has 0 aliphatic carbocycles. The first-order valence-corrected chi connectivity index (χ1v) is 9.06. The fourth-order valence-electron chi connectivity index (χ4n) is 2.35. The Morgan fingerprint density at radius 1 is 1.26 bits per heavy atom. The van der Waals surface area contributed by atoms with E-state index >= 15 is 0 Å². The van der Waals surface area contributed by atoms with Gasteiger partial charge in [-0.2, -0.15) is 0 Å². The number of imide groups is 1. The number of amides is 3. The first-order chi connectivity index (χ1) is 12.8. The van der Waals surface area contributed by atoms with Gasteiger partial charge in [-0.05, 0) is 50.1 Å². The number of nitrogens with one attached hydrogen (secondary N) is 1. The predicted octanol–water partition coefficient (Wildman–Crippen LogP) is 1.42. The lowest BCUT2D eigenvalue weighted by molar-refractivity contribution is -0.129. The van der Waals surface area contributed by atoms with Gasteiger partial charge in [-0.3, -0.25) is 19.3 Å². The Bertz CT molecular complexity index is 763. The average Bonchev–Trinajstić information content (AvgIpc) is 2.88. The first-order valence-electron chi connectivity index (χ1n) is 8.24. The van der Waals surface area contributed by atoms with E-state index in [1.165, 1.54) is 14.2 Å². The van der Waals surface area contributed by atoms with Gasteiger partial charge in [0, 0.05) is 18.7 Å². The van der Waals surface area contributed by atoms with Crippen molar-refractivity contribution in [3.63, 3.8) is 0 Å². The molecule has 1 N–H and O–H groups in total. The summed E-state index contributed by atoms with van der Waals surface area (Å²) in [5, 5.41) is 2.21. The highest BCUT2D eigenvalue weighted by Gasteiger charge is 2.36. The molecule has 0 unspecified atom stereocenters. The van der Waals surface area contributed by atoms with E-state index in [0.717, 1.165) is 16.7 Å². The maximum absolute atomic E-state index is 12.5. The molecular formula is C18H23N3O5S. The van der Waals surface area contributed by atoms with Gasteiger partial charge in [-0.25, -0.2) is 0 Å². The van der Waals surface area contributed by atoms with E-state index in [0.29, 0.717) is 30.2 Å². The van der Waals surface area contributed by atoms with Crippen LogP contribution in [0, 0.1) is 0 Å². The average molecular weight is 393 g/mol. The normalized spacial score (nSPS) is 15.6. The Hall–Kier alpha value is -2.52. The highest BCUT2D eigenvalue weighted by molar-refractivity contribution is 8.18. The SMILES string of the molecule is COc1ccc(OC)c(/C=C2\SC(=O)N(CC(=O)NCCN(C)C)C2=O)c1. The second-order valence-electron chi connectivity index (χ2n) is 6.03. The molecule has 3 amide bonds.